The van der Waals surface area contributed by atoms with Gasteiger partial charge in [-0.3, -0.25) is 4.68 Å². The Balaban J connectivity index is 1.37. The van der Waals surface area contributed by atoms with Gasteiger partial charge >= 0.3 is 0 Å². The lowest BCUT2D eigenvalue weighted by Gasteiger charge is -2.04. The van der Waals surface area contributed by atoms with Crippen LogP contribution in [0.3, 0.4) is 0 Å². The Labute approximate surface area is 143 Å². The summed E-state index contributed by atoms with van der Waals surface area (Å²) in [6.07, 6.45) is 9.48. The van der Waals surface area contributed by atoms with Crippen LogP contribution >= 0.6 is 11.3 Å². The van der Waals surface area contributed by atoms with Crippen LogP contribution in [0.15, 0.2) is 48.9 Å². The molecule has 119 valence electrons. The Morgan fingerprint density at radius 1 is 1.21 bits per heavy atom. The number of thiazole rings is 1. The van der Waals surface area contributed by atoms with Gasteiger partial charge in [0.15, 0.2) is 0 Å². The Morgan fingerprint density at radius 2 is 2.17 bits per heavy atom. The van der Waals surface area contributed by atoms with Crippen molar-refractivity contribution in [1.29, 1.82) is 0 Å². The second kappa shape index (κ2) is 6.76. The molecular formula is C17H15N6S. The molecule has 4 rings (SSSR count). The molecule has 0 aliphatic heterocycles. The smallest absolute Gasteiger partial charge is 0.223 e. The molecule has 0 saturated carbocycles. The monoisotopic (exact) mass is 335 g/mol. The van der Waals surface area contributed by atoms with Crippen molar-refractivity contribution >= 4 is 27.5 Å². The summed E-state index contributed by atoms with van der Waals surface area (Å²) in [6, 6.07) is 9.99. The molecule has 0 aliphatic rings. The molecule has 3 heterocycles. The quantitative estimate of drug-likeness (QED) is 0.548. The van der Waals surface area contributed by atoms with Gasteiger partial charge in [0.2, 0.25) is 5.95 Å². The van der Waals surface area contributed by atoms with Gasteiger partial charge in [-0.2, -0.15) is 5.10 Å². The van der Waals surface area contributed by atoms with Crippen molar-refractivity contribution in [3.63, 3.8) is 0 Å². The summed E-state index contributed by atoms with van der Waals surface area (Å²) in [5, 5.41) is 8.26. The summed E-state index contributed by atoms with van der Waals surface area (Å²) in [5.74, 6) is 0.584. The SMILES string of the molecule is [c]1nc(NCCCn2cccn2)ncc1-c1nc2ccccc2s1. The number of benzene rings is 1. The van der Waals surface area contributed by atoms with Crippen LogP contribution < -0.4 is 5.32 Å². The van der Waals surface area contributed by atoms with E-state index >= 15 is 0 Å². The summed E-state index contributed by atoms with van der Waals surface area (Å²) in [5.41, 5.74) is 1.81. The minimum Gasteiger partial charge on any atom is -0.354 e. The lowest BCUT2D eigenvalue weighted by atomic mass is 10.3. The number of aromatic nitrogens is 5. The average Bonchev–Trinajstić information content (AvgIpc) is 3.28. The van der Waals surface area contributed by atoms with Gasteiger partial charge in [0.05, 0.1) is 15.8 Å². The first-order chi connectivity index (χ1) is 11.9. The average molecular weight is 335 g/mol. The number of rotatable bonds is 6. The first kappa shape index (κ1) is 14.8. The number of nitrogens with zero attached hydrogens (tertiary/aromatic N) is 5. The maximum absolute atomic E-state index is 4.59. The molecule has 0 bridgehead atoms. The fraction of sp³-hybridized carbons (Fsp3) is 0.176. The second-order valence-corrected chi connectivity index (χ2v) is 6.29. The molecule has 0 saturated heterocycles. The fourth-order valence-electron chi connectivity index (χ4n) is 2.35. The number of hydrogen-bond acceptors (Lipinski definition) is 6. The van der Waals surface area contributed by atoms with Crippen molar-refractivity contribution in [3.8, 4) is 10.6 Å². The third kappa shape index (κ3) is 3.26. The first-order valence-corrected chi connectivity index (χ1v) is 8.52. The van der Waals surface area contributed by atoms with E-state index < -0.39 is 0 Å². The molecule has 7 heteroatoms. The fourth-order valence-corrected chi connectivity index (χ4v) is 3.27. The number of hydrogen-bond donors (Lipinski definition) is 1. The maximum Gasteiger partial charge on any atom is 0.223 e. The number of nitrogens with one attached hydrogen (secondary N) is 1. The van der Waals surface area contributed by atoms with Crippen LogP contribution in [0.25, 0.3) is 20.8 Å². The predicted octanol–water partition coefficient (Wildman–Crippen LogP) is 3.25. The van der Waals surface area contributed by atoms with Crippen molar-refractivity contribution in [2.45, 2.75) is 13.0 Å². The van der Waals surface area contributed by atoms with Gasteiger partial charge < -0.3 is 5.32 Å². The van der Waals surface area contributed by atoms with Crippen LogP contribution in [-0.4, -0.2) is 31.3 Å². The normalized spacial score (nSPS) is 11.0. The molecule has 3 aromatic heterocycles. The molecular weight excluding hydrogens is 320 g/mol. The van der Waals surface area contributed by atoms with E-state index in [2.05, 4.69) is 37.6 Å². The topological polar surface area (TPSA) is 68.5 Å². The third-order valence-corrected chi connectivity index (χ3v) is 4.60. The summed E-state index contributed by atoms with van der Waals surface area (Å²) >= 11 is 1.62. The molecule has 1 aromatic carbocycles. The minimum absolute atomic E-state index is 0.584. The van der Waals surface area contributed by atoms with Gasteiger partial charge in [0.25, 0.3) is 0 Å². The zero-order valence-electron chi connectivity index (χ0n) is 12.9. The Morgan fingerprint density at radius 3 is 2.96 bits per heavy atom. The van der Waals surface area contributed by atoms with Crippen molar-refractivity contribution in [1.82, 2.24) is 24.7 Å². The number of aryl methyl sites for hydroxylation is 1. The van der Waals surface area contributed by atoms with Crippen LogP contribution in [0.1, 0.15) is 6.42 Å². The van der Waals surface area contributed by atoms with Crippen LogP contribution in [0.5, 0.6) is 0 Å². The lowest BCUT2D eigenvalue weighted by Crippen LogP contribution is -2.09. The van der Waals surface area contributed by atoms with E-state index in [0.717, 1.165) is 40.3 Å². The van der Waals surface area contributed by atoms with Gasteiger partial charge in [-0.1, -0.05) is 12.1 Å². The van der Waals surface area contributed by atoms with E-state index in [4.69, 9.17) is 0 Å². The van der Waals surface area contributed by atoms with Gasteiger partial charge in [-0.15, -0.1) is 11.3 Å². The van der Waals surface area contributed by atoms with Gasteiger partial charge in [-0.05, 0) is 24.6 Å². The second-order valence-electron chi connectivity index (χ2n) is 5.26. The summed E-state index contributed by atoms with van der Waals surface area (Å²) < 4.78 is 3.06. The molecule has 0 fully saturated rings. The molecule has 24 heavy (non-hydrogen) atoms. The standard InChI is InChI=1S/C17H15N6S/c1-2-6-15-14(5-1)22-16(24-15)13-11-19-17(20-12-13)18-7-3-9-23-10-4-8-21-23/h1-2,4-6,8,10-11H,3,7,9H2,(H,18,19,20). The maximum atomic E-state index is 4.59. The van der Waals surface area contributed by atoms with Crippen molar-refractivity contribution in [3.05, 3.63) is 55.1 Å². The van der Waals surface area contributed by atoms with Gasteiger partial charge in [-0.25, -0.2) is 15.0 Å². The van der Waals surface area contributed by atoms with E-state index in [9.17, 15) is 0 Å². The zero-order valence-corrected chi connectivity index (χ0v) is 13.7. The van der Waals surface area contributed by atoms with Crippen LogP contribution in [0.4, 0.5) is 5.95 Å². The molecule has 0 amide bonds. The van der Waals surface area contributed by atoms with Crippen LogP contribution in [0, 0.1) is 6.20 Å². The Kier molecular flexibility index (Phi) is 4.16. The van der Waals surface area contributed by atoms with E-state index in [-0.39, 0.29) is 0 Å². The molecule has 1 radical (unpaired) electrons. The highest BCUT2D eigenvalue weighted by Crippen LogP contribution is 2.28. The summed E-state index contributed by atoms with van der Waals surface area (Å²) in [7, 11) is 0. The largest absolute Gasteiger partial charge is 0.354 e. The Bertz CT molecular complexity index is 881. The van der Waals surface area contributed by atoms with E-state index in [1.54, 1.807) is 23.7 Å². The van der Waals surface area contributed by atoms with Crippen molar-refractivity contribution < 1.29 is 0 Å². The van der Waals surface area contributed by atoms with Gasteiger partial charge in [0, 0.05) is 31.7 Å². The highest BCUT2D eigenvalue weighted by Gasteiger charge is 2.07. The molecule has 0 unspecified atom stereocenters. The zero-order chi connectivity index (χ0) is 16.2. The van der Waals surface area contributed by atoms with Crippen molar-refractivity contribution in [2.24, 2.45) is 0 Å². The minimum atomic E-state index is 0.584. The van der Waals surface area contributed by atoms with E-state index in [0.29, 0.717) is 5.95 Å². The Hall–Kier alpha value is -2.80. The lowest BCUT2D eigenvalue weighted by molar-refractivity contribution is 0.591. The number of para-hydroxylation sites is 1. The molecule has 4 aromatic rings. The predicted molar refractivity (Wildman–Crippen MR) is 94.8 cm³/mol. The molecule has 0 atom stereocenters. The first-order valence-electron chi connectivity index (χ1n) is 7.70. The molecule has 1 N–H and O–H groups in total. The number of fused-ring (bicyclic) bond motifs is 1. The highest BCUT2D eigenvalue weighted by molar-refractivity contribution is 7.21. The van der Waals surface area contributed by atoms with Crippen LogP contribution in [-0.2, 0) is 6.54 Å². The molecule has 6 nitrogen and oxygen atoms in total. The van der Waals surface area contributed by atoms with E-state index in [1.807, 2.05) is 35.1 Å². The number of anilines is 1. The molecule has 0 spiro atoms. The summed E-state index contributed by atoms with van der Waals surface area (Å²) in [6.45, 7) is 1.65. The molecule has 0 aliphatic carbocycles. The van der Waals surface area contributed by atoms with Crippen molar-refractivity contribution in [2.75, 3.05) is 11.9 Å². The summed E-state index contributed by atoms with van der Waals surface area (Å²) in [4.78, 5) is 13.2. The van der Waals surface area contributed by atoms with Crippen LogP contribution in [0.2, 0.25) is 0 Å². The highest BCUT2D eigenvalue weighted by atomic mass is 32.1. The van der Waals surface area contributed by atoms with Gasteiger partial charge in [0.1, 0.15) is 11.2 Å². The van der Waals surface area contributed by atoms with E-state index in [1.165, 1.54) is 0 Å². The third-order valence-electron chi connectivity index (χ3n) is 3.53.